The summed E-state index contributed by atoms with van der Waals surface area (Å²) in [5, 5.41) is 15.8. The van der Waals surface area contributed by atoms with Gasteiger partial charge in [-0.05, 0) is 44.5 Å². The minimum absolute atomic E-state index is 0.0711. The Balaban J connectivity index is 1.64. The van der Waals surface area contributed by atoms with Crippen LogP contribution in [0.25, 0.3) is 5.65 Å². The molecule has 3 aromatic rings. The minimum Gasteiger partial charge on any atom is -0.494 e. The van der Waals surface area contributed by atoms with Crippen LogP contribution < -0.4 is 10.1 Å². The summed E-state index contributed by atoms with van der Waals surface area (Å²) in [7, 11) is 0. The van der Waals surface area contributed by atoms with Gasteiger partial charge in [0.15, 0.2) is 5.65 Å². The standard InChI is InChI=1S/C19H20N4O4/c1-12-10-17-20-11-16(13(2)23(17)22-12)19(26)21-14-5-7-15(8-6-14)27-9-3-4-18(24)25/h5-8,10-11H,3-4,9H2,1-2H3,(H,21,26)(H,24,25). The summed E-state index contributed by atoms with van der Waals surface area (Å²) in [5.41, 5.74) is 3.31. The van der Waals surface area contributed by atoms with Crippen molar-refractivity contribution in [3.05, 3.63) is 53.5 Å². The van der Waals surface area contributed by atoms with Gasteiger partial charge in [0, 0.05) is 24.4 Å². The van der Waals surface area contributed by atoms with E-state index in [0.717, 1.165) is 5.69 Å². The highest BCUT2D eigenvalue weighted by atomic mass is 16.5. The van der Waals surface area contributed by atoms with E-state index in [9.17, 15) is 9.59 Å². The normalized spacial score (nSPS) is 10.7. The first-order valence-electron chi connectivity index (χ1n) is 8.52. The van der Waals surface area contributed by atoms with Gasteiger partial charge in [-0.3, -0.25) is 9.59 Å². The number of hydrogen-bond acceptors (Lipinski definition) is 5. The van der Waals surface area contributed by atoms with Gasteiger partial charge in [-0.15, -0.1) is 0 Å². The molecule has 0 bridgehead atoms. The van der Waals surface area contributed by atoms with Gasteiger partial charge in [0.25, 0.3) is 5.91 Å². The first-order valence-corrected chi connectivity index (χ1v) is 8.52. The summed E-state index contributed by atoms with van der Waals surface area (Å²) in [6.45, 7) is 4.02. The summed E-state index contributed by atoms with van der Waals surface area (Å²) in [6, 6.07) is 8.75. The molecule has 2 N–H and O–H groups in total. The summed E-state index contributed by atoms with van der Waals surface area (Å²) >= 11 is 0. The first-order chi connectivity index (χ1) is 12.9. The number of hydrogen-bond donors (Lipinski definition) is 2. The van der Waals surface area contributed by atoms with Crippen molar-refractivity contribution in [1.29, 1.82) is 0 Å². The fraction of sp³-hybridized carbons (Fsp3) is 0.263. The molecule has 0 saturated carbocycles. The van der Waals surface area contributed by atoms with Crippen LogP contribution in [-0.2, 0) is 4.79 Å². The monoisotopic (exact) mass is 368 g/mol. The van der Waals surface area contributed by atoms with Crippen LogP contribution in [0.4, 0.5) is 5.69 Å². The summed E-state index contributed by atoms with van der Waals surface area (Å²) in [5.74, 6) is -0.500. The first kappa shape index (κ1) is 18.4. The van der Waals surface area contributed by atoms with E-state index in [2.05, 4.69) is 15.4 Å². The van der Waals surface area contributed by atoms with Gasteiger partial charge in [0.2, 0.25) is 0 Å². The lowest BCUT2D eigenvalue weighted by atomic mass is 10.2. The second kappa shape index (κ2) is 7.86. The highest BCUT2D eigenvalue weighted by molar-refractivity contribution is 6.04. The molecule has 8 nitrogen and oxygen atoms in total. The number of aromatic nitrogens is 3. The molecule has 0 unspecified atom stereocenters. The maximum absolute atomic E-state index is 12.6. The largest absolute Gasteiger partial charge is 0.494 e. The Hall–Kier alpha value is -3.42. The topological polar surface area (TPSA) is 106 Å². The zero-order valence-corrected chi connectivity index (χ0v) is 15.1. The second-order valence-corrected chi connectivity index (χ2v) is 6.14. The number of aliphatic carboxylic acids is 1. The number of benzene rings is 1. The molecule has 0 fully saturated rings. The molecule has 0 atom stereocenters. The number of aryl methyl sites for hydroxylation is 2. The van der Waals surface area contributed by atoms with Crippen LogP contribution in [0.3, 0.4) is 0 Å². The number of anilines is 1. The van der Waals surface area contributed by atoms with Crippen molar-refractivity contribution in [2.75, 3.05) is 11.9 Å². The molecule has 3 rings (SSSR count). The van der Waals surface area contributed by atoms with Crippen molar-refractivity contribution >= 4 is 23.2 Å². The molecule has 140 valence electrons. The number of fused-ring (bicyclic) bond motifs is 1. The molecule has 1 aromatic carbocycles. The zero-order valence-electron chi connectivity index (χ0n) is 15.1. The van der Waals surface area contributed by atoms with E-state index in [-0.39, 0.29) is 12.3 Å². The van der Waals surface area contributed by atoms with Crippen molar-refractivity contribution in [1.82, 2.24) is 14.6 Å². The van der Waals surface area contributed by atoms with Gasteiger partial charge in [-0.1, -0.05) is 0 Å². The predicted molar refractivity (Wildman–Crippen MR) is 99.2 cm³/mol. The molecule has 0 aliphatic carbocycles. The van der Waals surface area contributed by atoms with Crippen LogP contribution in [0.1, 0.15) is 34.6 Å². The molecule has 27 heavy (non-hydrogen) atoms. The number of amides is 1. The molecule has 0 saturated heterocycles. The number of carboxylic acids is 1. The maximum atomic E-state index is 12.6. The Morgan fingerprint density at radius 1 is 1.22 bits per heavy atom. The van der Waals surface area contributed by atoms with Gasteiger partial charge in [0.05, 0.1) is 23.6 Å². The van der Waals surface area contributed by atoms with Crippen LogP contribution in [0, 0.1) is 13.8 Å². The van der Waals surface area contributed by atoms with Crippen molar-refractivity contribution in [3.8, 4) is 5.75 Å². The highest BCUT2D eigenvalue weighted by Crippen LogP contribution is 2.18. The zero-order chi connectivity index (χ0) is 19.4. The Morgan fingerprint density at radius 2 is 1.96 bits per heavy atom. The van der Waals surface area contributed by atoms with E-state index >= 15 is 0 Å². The average Bonchev–Trinajstić information content (AvgIpc) is 3.01. The number of carbonyl (C=O) groups is 2. The lowest BCUT2D eigenvalue weighted by molar-refractivity contribution is -0.137. The fourth-order valence-corrected chi connectivity index (χ4v) is 2.63. The minimum atomic E-state index is -0.843. The summed E-state index contributed by atoms with van der Waals surface area (Å²) in [6.07, 6.45) is 2.05. The Labute approximate surface area is 155 Å². The van der Waals surface area contributed by atoms with E-state index in [4.69, 9.17) is 9.84 Å². The van der Waals surface area contributed by atoms with E-state index < -0.39 is 5.97 Å². The van der Waals surface area contributed by atoms with Gasteiger partial charge >= 0.3 is 5.97 Å². The molecule has 0 spiro atoms. The van der Waals surface area contributed by atoms with E-state index in [0.29, 0.717) is 41.4 Å². The lowest BCUT2D eigenvalue weighted by Gasteiger charge is -2.10. The van der Waals surface area contributed by atoms with Gasteiger partial charge in [0.1, 0.15) is 5.75 Å². The highest BCUT2D eigenvalue weighted by Gasteiger charge is 2.14. The van der Waals surface area contributed by atoms with E-state index in [1.807, 2.05) is 19.9 Å². The average molecular weight is 368 g/mol. The number of carboxylic acid groups (broad SMARTS) is 1. The molecule has 2 heterocycles. The maximum Gasteiger partial charge on any atom is 0.303 e. The number of nitrogens with zero attached hydrogens (tertiary/aromatic N) is 3. The van der Waals surface area contributed by atoms with E-state index in [1.54, 1.807) is 35.0 Å². The molecular weight excluding hydrogens is 348 g/mol. The fourth-order valence-electron chi connectivity index (χ4n) is 2.63. The van der Waals surface area contributed by atoms with Crippen LogP contribution in [0.2, 0.25) is 0 Å². The Morgan fingerprint density at radius 3 is 2.67 bits per heavy atom. The van der Waals surface area contributed by atoms with Gasteiger partial charge < -0.3 is 15.2 Å². The second-order valence-electron chi connectivity index (χ2n) is 6.14. The smallest absolute Gasteiger partial charge is 0.303 e. The molecule has 8 heteroatoms. The lowest BCUT2D eigenvalue weighted by Crippen LogP contribution is -2.16. The molecule has 0 radical (unpaired) electrons. The molecular formula is C19H20N4O4. The van der Waals surface area contributed by atoms with Crippen molar-refractivity contribution in [3.63, 3.8) is 0 Å². The molecule has 0 aliphatic heterocycles. The third kappa shape index (κ3) is 4.41. The number of ether oxygens (including phenoxy) is 1. The predicted octanol–water partition coefficient (Wildman–Crippen LogP) is 2.84. The van der Waals surface area contributed by atoms with Crippen molar-refractivity contribution < 1.29 is 19.4 Å². The van der Waals surface area contributed by atoms with Crippen LogP contribution in [0.5, 0.6) is 5.75 Å². The number of carbonyl (C=O) groups excluding carboxylic acids is 1. The van der Waals surface area contributed by atoms with E-state index in [1.165, 1.54) is 0 Å². The molecule has 0 aliphatic rings. The SMILES string of the molecule is Cc1cc2ncc(C(=O)Nc3ccc(OCCCC(=O)O)cc3)c(C)n2n1. The summed E-state index contributed by atoms with van der Waals surface area (Å²) < 4.78 is 7.12. The summed E-state index contributed by atoms with van der Waals surface area (Å²) in [4.78, 5) is 27.3. The van der Waals surface area contributed by atoms with Crippen molar-refractivity contribution in [2.45, 2.75) is 26.7 Å². The van der Waals surface area contributed by atoms with Gasteiger partial charge in [-0.25, -0.2) is 9.50 Å². The number of rotatable bonds is 7. The van der Waals surface area contributed by atoms with Gasteiger partial charge in [-0.2, -0.15) is 5.10 Å². The Kier molecular flexibility index (Phi) is 5.35. The van der Waals surface area contributed by atoms with Crippen molar-refractivity contribution in [2.24, 2.45) is 0 Å². The molecule has 1 amide bonds. The Bertz CT molecular complexity index is 979. The third-order valence-electron chi connectivity index (χ3n) is 4.01. The quantitative estimate of drug-likeness (QED) is 0.621. The number of nitrogens with one attached hydrogen (secondary N) is 1. The van der Waals surface area contributed by atoms with Crippen LogP contribution in [0.15, 0.2) is 36.5 Å². The van der Waals surface area contributed by atoms with Crippen LogP contribution in [-0.4, -0.2) is 38.2 Å². The third-order valence-corrected chi connectivity index (χ3v) is 4.01. The van der Waals surface area contributed by atoms with Crippen LogP contribution >= 0.6 is 0 Å². The molecule has 2 aromatic heterocycles.